The highest BCUT2D eigenvalue weighted by Gasteiger charge is 2.27. The number of piperazine rings is 1. The van der Waals surface area contributed by atoms with Crippen molar-refractivity contribution in [1.82, 2.24) is 35.8 Å². The second-order valence-electron chi connectivity index (χ2n) is 4.24. The van der Waals surface area contributed by atoms with E-state index < -0.39 is 0 Å². The molecule has 94 valence electrons. The minimum atomic E-state index is 0.0274. The molecule has 0 aliphatic carbocycles. The van der Waals surface area contributed by atoms with Crippen LogP contribution in [0, 0.1) is 0 Å². The Morgan fingerprint density at radius 1 is 1.28 bits per heavy atom. The lowest BCUT2D eigenvalue weighted by Gasteiger charge is -2.33. The van der Waals surface area contributed by atoms with Crippen LogP contribution in [0.5, 0.6) is 0 Å². The number of nitrogens with zero attached hydrogens (tertiary/aromatic N) is 5. The fourth-order valence-corrected chi connectivity index (χ4v) is 2.29. The van der Waals surface area contributed by atoms with Gasteiger partial charge in [-0.05, 0) is 11.6 Å². The number of hydrogen-bond acceptors (Lipinski definition) is 6. The highest BCUT2D eigenvalue weighted by molar-refractivity contribution is 5.20. The van der Waals surface area contributed by atoms with E-state index in [-0.39, 0.29) is 6.04 Å². The summed E-state index contributed by atoms with van der Waals surface area (Å²) in [6.07, 6.45) is 3.64. The van der Waals surface area contributed by atoms with E-state index in [0.717, 1.165) is 31.7 Å². The SMILES string of the molecule is c1cncc(C(c2nn[nH]n2)N2CCNCC2)c1. The number of aromatic amines is 1. The van der Waals surface area contributed by atoms with Gasteiger partial charge in [-0.2, -0.15) is 5.21 Å². The van der Waals surface area contributed by atoms with Crippen LogP contribution in [-0.2, 0) is 0 Å². The molecule has 3 rings (SSSR count). The third-order valence-corrected chi connectivity index (χ3v) is 3.12. The van der Waals surface area contributed by atoms with Gasteiger partial charge in [0, 0.05) is 38.6 Å². The van der Waals surface area contributed by atoms with Crippen molar-refractivity contribution in [2.45, 2.75) is 6.04 Å². The summed E-state index contributed by atoms with van der Waals surface area (Å²) in [4.78, 5) is 6.53. The largest absolute Gasteiger partial charge is 0.314 e. The van der Waals surface area contributed by atoms with Gasteiger partial charge < -0.3 is 5.32 Å². The maximum Gasteiger partial charge on any atom is 0.196 e. The van der Waals surface area contributed by atoms with E-state index in [1.165, 1.54) is 0 Å². The van der Waals surface area contributed by atoms with Gasteiger partial charge in [0.05, 0.1) is 0 Å². The lowest BCUT2D eigenvalue weighted by molar-refractivity contribution is 0.192. The number of aromatic nitrogens is 5. The van der Waals surface area contributed by atoms with Crippen molar-refractivity contribution in [2.24, 2.45) is 0 Å². The third-order valence-electron chi connectivity index (χ3n) is 3.12. The quantitative estimate of drug-likeness (QED) is 0.765. The third kappa shape index (κ3) is 2.22. The van der Waals surface area contributed by atoms with Crippen molar-refractivity contribution < 1.29 is 0 Å². The average molecular weight is 245 g/mol. The van der Waals surface area contributed by atoms with Gasteiger partial charge in [0.15, 0.2) is 5.82 Å². The molecule has 7 nitrogen and oxygen atoms in total. The highest BCUT2D eigenvalue weighted by atomic mass is 15.5. The standard InChI is InChI=1S/C11H15N7/c1-2-9(8-13-3-1)10(11-14-16-17-15-11)18-6-4-12-5-7-18/h1-3,8,10,12H,4-7H2,(H,14,15,16,17). The van der Waals surface area contributed by atoms with Crippen LogP contribution in [0.2, 0.25) is 0 Å². The molecule has 2 aromatic rings. The average Bonchev–Trinajstić information content (AvgIpc) is 2.95. The molecule has 1 unspecified atom stereocenters. The number of tetrazole rings is 1. The molecule has 7 heteroatoms. The first-order valence-electron chi connectivity index (χ1n) is 6.03. The molecule has 1 saturated heterocycles. The van der Waals surface area contributed by atoms with Crippen molar-refractivity contribution in [2.75, 3.05) is 26.2 Å². The lowest BCUT2D eigenvalue weighted by Crippen LogP contribution is -2.45. The molecule has 0 radical (unpaired) electrons. The van der Waals surface area contributed by atoms with E-state index in [4.69, 9.17) is 0 Å². The van der Waals surface area contributed by atoms with Gasteiger partial charge in [0.1, 0.15) is 6.04 Å². The summed E-state index contributed by atoms with van der Waals surface area (Å²) >= 11 is 0. The van der Waals surface area contributed by atoms with E-state index in [1.807, 2.05) is 12.3 Å². The Bertz CT molecular complexity index is 463. The fraction of sp³-hybridized carbons (Fsp3) is 0.455. The van der Waals surface area contributed by atoms with Crippen LogP contribution in [0.1, 0.15) is 17.4 Å². The molecule has 0 bridgehead atoms. The van der Waals surface area contributed by atoms with Gasteiger partial charge in [-0.25, -0.2) is 0 Å². The van der Waals surface area contributed by atoms with Gasteiger partial charge >= 0.3 is 0 Å². The maximum absolute atomic E-state index is 4.18. The molecular formula is C11H15N7. The maximum atomic E-state index is 4.18. The van der Waals surface area contributed by atoms with E-state index in [2.05, 4.69) is 41.9 Å². The molecule has 1 fully saturated rings. The summed E-state index contributed by atoms with van der Waals surface area (Å²) in [6.45, 7) is 3.89. The fourth-order valence-electron chi connectivity index (χ4n) is 2.29. The van der Waals surface area contributed by atoms with Crippen molar-refractivity contribution in [1.29, 1.82) is 0 Å². The molecule has 3 heterocycles. The molecule has 0 spiro atoms. The van der Waals surface area contributed by atoms with Crippen LogP contribution < -0.4 is 5.32 Å². The van der Waals surface area contributed by atoms with Crippen LogP contribution >= 0.6 is 0 Å². The van der Waals surface area contributed by atoms with Gasteiger partial charge in [-0.15, -0.1) is 10.2 Å². The van der Waals surface area contributed by atoms with Crippen LogP contribution in [0.25, 0.3) is 0 Å². The lowest BCUT2D eigenvalue weighted by atomic mass is 10.1. The molecule has 2 N–H and O–H groups in total. The highest BCUT2D eigenvalue weighted by Crippen LogP contribution is 2.24. The first kappa shape index (κ1) is 11.2. The van der Waals surface area contributed by atoms with Gasteiger partial charge in [0.2, 0.25) is 0 Å². The Kier molecular flexibility index (Phi) is 3.24. The second-order valence-corrected chi connectivity index (χ2v) is 4.24. The molecule has 0 amide bonds. The number of nitrogens with one attached hydrogen (secondary N) is 2. The van der Waals surface area contributed by atoms with Crippen molar-refractivity contribution in [3.63, 3.8) is 0 Å². The first-order chi connectivity index (χ1) is 8.95. The van der Waals surface area contributed by atoms with Crippen LogP contribution in [-0.4, -0.2) is 56.7 Å². The molecule has 1 aliphatic heterocycles. The minimum absolute atomic E-state index is 0.0274. The van der Waals surface area contributed by atoms with Crippen molar-refractivity contribution in [3.8, 4) is 0 Å². The summed E-state index contributed by atoms with van der Waals surface area (Å²) in [5, 5.41) is 17.8. The minimum Gasteiger partial charge on any atom is -0.314 e. The Morgan fingerprint density at radius 3 is 2.83 bits per heavy atom. The van der Waals surface area contributed by atoms with E-state index in [9.17, 15) is 0 Å². The molecule has 0 aromatic carbocycles. The zero-order valence-corrected chi connectivity index (χ0v) is 9.95. The summed E-state index contributed by atoms with van der Waals surface area (Å²) in [5.41, 5.74) is 1.10. The Hall–Kier alpha value is -1.86. The predicted octanol–water partition coefficient (Wildman–Crippen LogP) is -0.411. The summed E-state index contributed by atoms with van der Waals surface area (Å²) < 4.78 is 0. The predicted molar refractivity (Wildman–Crippen MR) is 64.7 cm³/mol. The summed E-state index contributed by atoms with van der Waals surface area (Å²) in [6, 6.07) is 4.01. The van der Waals surface area contributed by atoms with Crippen molar-refractivity contribution in [3.05, 3.63) is 35.9 Å². The van der Waals surface area contributed by atoms with Crippen LogP contribution in [0.3, 0.4) is 0 Å². The van der Waals surface area contributed by atoms with Crippen molar-refractivity contribution >= 4 is 0 Å². The zero-order chi connectivity index (χ0) is 12.2. The second kappa shape index (κ2) is 5.19. The number of H-pyrrole nitrogens is 1. The van der Waals surface area contributed by atoms with E-state index >= 15 is 0 Å². The van der Waals surface area contributed by atoms with Gasteiger partial charge in [0.25, 0.3) is 0 Å². The van der Waals surface area contributed by atoms with E-state index in [1.54, 1.807) is 6.20 Å². The van der Waals surface area contributed by atoms with Gasteiger partial charge in [-0.1, -0.05) is 11.3 Å². The van der Waals surface area contributed by atoms with E-state index in [0.29, 0.717) is 5.82 Å². The Labute approximate surface area is 105 Å². The van der Waals surface area contributed by atoms with Crippen LogP contribution in [0.4, 0.5) is 0 Å². The number of pyridine rings is 1. The summed E-state index contributed by atoms with van der Waals surface area (Å²) in [7, 11) is 0. The first-order valence-corrected chi connectivity index (χ1v) is 6.03. The smallest absolute Gasteiger partial charge is 0.196 e. The molecule has 18 heavy (non-hydrogen) atoms. The molecule has 0 saturated carbocycles. The molecule has 1 atom stereocenters. The molecular weight excluding hydrogens is 230 g/mol. The topological polar surface area (TPSA) is 82.6 Å². The normalized spacial score (nSPS) is 18.7. The van der Waals surface area contributed by atoms with Crippen LogP contribution in [0.15, 0.2) is 24.5 Å². The Morgan fingerprint density at radius 2 is 2.17 bits per heavy atom. The molecule has 1 aliphatic rings. The number of rotatable bonds is 3. The molecule has 2 aromatic heterocycles. The van der Waals surface area contributed by atoms with Gasteiger partial charge in [-0.3, -0.25) is 9.88 Å². The number of hydrogen-bond donors (Lipinski definition) is 2. The summed E-state index contributed by atoms with van der Waals surface area (Å²) in [5.74, 6) is 0.699. The zero-order valence-electron chi connectivity index (χ0n) is 9.95. The Balaban J connectivity index is 1.93. The monoisotopic (exact) mass is 245 g/mol.